The number of nitrogens with one attached hydrogen (secondary N) is 1. The second kappa shape index (κ2) is 4.10. The van der Waals surface area contributed by atoms with E-state index in [-0.39, 0.29) is 5.91 Å². The molecule has 94 valence electrons. The number of imidazole rings is 1. The molecular weight excluding hydrogens is 228 g/mol. The fourth-order valence-electron chi connectivity index (χ4n) is 2.44. The molecule has 3 rings (SSSR count). The number of carbonyl (C=O) groups is 1. The summed E-state index contributed by atoms with van der Waals surface area (Å²) in [6, 6.07) is 5.72. The average Bonchev–Trinajstić information content (AvgIpc) is 2.55. The third-order valence-corrected chi connectivity index (χ3v) is 3.17. The predicted octanol–water partition coefficient (Wildman–Crippen LogP) is 0.841. The van der Waals surface area contributed by atoms with E-state index in [0.29, 0.717) is 6.54 Å². The summed E-state index contributed by atoms with van der Waals surface area (Å²) in [5.74, 6) is 1.01. The molecule has 0 spiro atoms. The van der Waals surface area contributed by atoms with Gasteiger partial charge in [0.15, 0.2) is 0 Å². The van der Waals surface area contributed by atoms with Crippen molar-refractivity contribution in [3.63, 3.8) is 0 Å². The van der Waals surface area contributed by atoms with Gasteiger partial charge in [-0.3, -0.25) is 4.79 Å². The number of carbonyl (C=O) groups excluding carboxylic acids is 1. The topological polar surface area (TPSA) is 50.2 Å². The summed E-state index contributed by atoms with van der Waals surface area (Å²) in [7, 11) is 4.04. The first-order chi connectivity index (χ1) is 8.66. The van der Waals surface area contributed by atoms with E-state index in [1.54, 1.807) is 0 Å². The van der Waals surface area contributed by atoms with E-state index in [9.17, 15) is 4.79 Å². The molecule has 0 saturated heterocycles. The van der Waals surface area contributed by atoms with E-state index in [1.165, 1.54) is 0 Å². The Hall–Kier alpha value is -1.88. The lowest BCUT2D eigenvalue weighted by Gasteiger charge is -2.11. The summed E-state index contributed by atoms with van der Waals surface area (Å²) in [6.45, 7) is 2.21. The summed E-state index contributed by atoms with van der Waals surface area (Å²) >= 11 is 0. The number of para-hydroxylation sites is 1. The molecule has 1 aliphatic heterocycles. The maximum atomic E-state index is 12.0. The van der Waals surface area contributed by atoms with Gasteiger partial charge in [0.05, 0.1) is 23.1 Å². The Labute approximate surface area is 105 Å². The summed E-state index contributed by atoms with van der Waals surface area (Å²) < 4.78 is 2.16. The number of nitrogens with zero attached hydrogens (tertiary/aromatic N) is 3. The van der Waals surface area contributed by atoms with Crippen LogP contribution in [0.3, 0.4) is 0 Å². The first-order valence-corrected chi connectivity index (χ1v) is 6.08. The zero-order valence-electron chi connectivity index (χ0n) is 10.6. The Morgan fingerprint density at radius 2 is 2.28 bits per heavy atom. The van der Waals surface area contributed by atoms with Gasteiger partial charge < -0.3 is 14.8 Å². The molecule has 0 unspecified atom stereocenters. The van der Waals surface area contributed by atoms with Gasteiger partial charge >= 0.3 is 0 Å². The van der Waals surface area contributed by atoms with E-state index in [2.05, 4.69) is 19.8 Å². The Balaban J connectivity index is 2.26. The van der Waals surface area contributed by atoms with Crippen LogP contribution >= 0.6 is 0 Å². The Kier molecular flexibility index (Phi) is 2.56. The number of amides is 1. The zero-order valence-corrected chi connectivity index (χ0v) is 10.6. The average molecular weight is 244 g/mol. The summed E-state index contributed by atoms with van der Waals surface area (Å²) in [4.78, 5) is 18.7. The number of rotatable bonds is 2. The minimum Gasteiger partial charge on any atom is -0.350 e. The minimum atomic E-state index is -0.00402. The molecule has 1 aromatic heterocycles. The Morgan fingerprint density at radius 1 is 1.44 bits per heavy atom. The van der Waals surface area contributed by atoms with Gasteiger partial charge in [-0.1, -0.05) is 6.07 Å². The van der Waals surface area contributed by atoms with Gasteiger partial charge in [-0.25, -0.2) is 4.98 Å². The monoisotopic (exact) mass is 244 g/mol. The third-order valence-electron chi connectivity index (χ3n) is 3.17. The molecule has 2 heterocycles. The molecule has 18 heavy (non-hydrogen) atoms. The van der Waals surface area contributed by atoms with Crippen LogP contribution in [-0.2, 0) is 13.1 Å². The van der Waals surface area contributed by atoms with Crippen LogP contribution in [0.4, 0.5) is 0 Å². The van der Waals surface area contributed by atoms with E-state index < -0.39 is 0 Å². The number of benzene rings is 1. The van der Waals surface area contributed by atoms with Crippen molar-refractivity contribution in [2.75, 3.05) is 20.6 Å². The van der Waals surface area contributed by atoms with Gasteiger partial charge in [0.1, 0.15) is 5.82 Å². The lowest BCUT2D eigenvalue weighted by atomic mass is 10.2. The van der Waals surface area contributed by atoms with Crippen molar-refractivity contribution >= 4 is 16.9 Å². The van der Waals surface area contributed by atoms with E-state index >= 15 is 0 Å². The van der Waals surface area contributed by atoms with Crippen molar-refractivity contribution in [1.29, 1.82) is 0 Å². The summed E-state index contributed by atoms with van der Waals surface area (Å²) in [6.07, 6.45) is 0. The second-order valence-corrected chi connectivity index (χ2v) is 4.85. The van der Waals surface area contributed by atoms with Gasteiger partial charge in [-0.15, -0.1) is 0 Å². The van der Waals surface area contributed by atoms with E-state index in [1.807, 2.05) is 32.3 Å². The fourth-order valence-corrected chi connectivity index (χ4v) is 2.44. The highest BCUT2D eigenvalue weighted by atomic mass is 16.1. The van der Waals surface area contributed by atoms with E-state index in [0.717, 1.165) is 35.5 Å². The van der Waals surface area contributed by atoms with Crippen LogP contribution in [0.25, 0.3) is 11.0 Å². The molecule has 1 aliphatic rings. The lowest BCUT2D eigenvalue weighted by Crippen LogP contribution is -2.24. The molecule has 1 N–H and O–H groups in total. The van der Waals surface area contributed by atoms with Gasteiger partial charge in [-0.05, 0) is 26.2 Å². The highest BCUT2D eigenvalue weighted by Gasteiger charge is 2.20. The summed E-state index contributed by atoms with van der Waals surface area (Å²) in [5, 5.41) is 2.92. The standard InChI is InChI=1S/C13H16N4O/c1-16(2)8-11-15-10-5-3-4-9-12(10)17(11)7-6-14-13(9)18/h3-5H,6-8H2,1-2H3,(H,14,18). The molecule has 0 aliphatic carbocycles. The highest BCUT2D eigenvalue weighted by Crippen LogP contribution is 2.22. The first-order valence-electron chi connectivity index (χ1n) is 6.08. The van der Waals surface area contributed by atoms with E-state index in [4.69, 9.17) is 0 Å². The first kappa shape index (κ1) is 11.2. The van der Waals surface area contributed by atoms with Crippen LogP contribution in [0.2, 0.25) is 0 Å². The predicted molar refractivity (Wildman–Crippen MR) is 69.5 cm³/mol. The van der Waals surface area contributed by atoms with Crippen molar-refractivity contribution < 1.29 is 4.79 Å². The molecule has 0 atom stereocenters. The molecular formula is C13H16N4O. The molecule has 2 aromatic rings. The van der Waals surface area contributed by atoms with Crippen molar-refractivity contribution in [3.8, 4) is 0 Å². The molecule has 0 bridgehead atoms. The van der Waals surface area contributed by atoms with Crippen LogP contribution in [0.1, 0.15) is 16.2 Å². The quantitative estimate of drug-likeness (QED) is 0.851. The maximum absolute atomic E-state index is 12.0. The van der Waals surface area contributed by atoms with Crippen LogP contribution in [0.15, 0.2) is 18.2 Å². The van der Waals surface area contributed by atoms with Crippen molar-refractivity contribution in [2.24, 2.45) is 0 Å². The second-order valence-electron chi connectivity index (χ2n) is 4.85. The maximum Gasteiger partial charge on any atom is 0.253 e. The molecule has 1 amide bonds. The van der Waals surface area contributed by atoms with Crippen molar-refractivity contribution in [3.05, 3.63) is 29.6 Å². The van der Waals surface area contributed by atoms with Crippen molar-refractivity contribution in [2.45, 2.75) is 13.1 Å². The van der Waals surface area contributed by atoms with Gasteiger partial charge in [0.2, 0.25) is 0 Å². The van der Waals surface area contributed by atoms with Gasteiger partial charge in [0, 0.05) is 13.1 Å². The van der Waals surface area contributed by atoms with Crippen LogP contribution in [0, 0.1) is 0 Å². The Morgan fingerprint density at radius 3 is 3.06 bits per heavy atom. The van der Waals surface area contributed by atoms with Crippen LogP contribution in [0.5, 0.6) is 0 Å². The smallest absolute Gasteiger partial charge is 0.253 e. The van der Waals surface area contributed by atoms with Crippen molar-refractivity contribution in [1.82, 2.24) is 19.8 Å². The third kappa shape index (κ3) is 1.67. The van der Waals surface area contributed by atoms with Crippen LogP contribution < -0.4 is 5.32 Å². The largest absolute Gasteiger partial charge is 0.350 e. The number of aromatic nitrogens is 2. The zero-order chi connectivity index (χ0) is 12.7. The molecule has 5 nitrogen and oxygen atoms in total. The molecule has 0 saturated carbocycles. The minimum absolute atomic E-state index is 0.00402. The molecule has 0 fully saturated rings. The van der Waals surface area contributed by atoms with Crippen LogP contribution in [-0.4, -0.2) is 41.0 Å². The lowest BCUT2D eigenvalue weighted by molar-refractivity contribution is 0.0956. The fraction of sp³-hybridized carbons (Fsp3) is 0.385. The number of hydrogen-bond acceptors (Lipinski definition) is 3. The van der Waals surface area contributed by atoms with Gasteiger partial charge in [0.25, 0.3) is 5.91 Å². The SMILES string of the molecule is CN(C)Cc1nc2cccc3c2n1CCNC3=O. The Bertz CT molecular complexity index is 615. The summed E-state index contributed by atoms with van der Waals surface area (Å²) in [5.41, 5.74) is 2.59. The normalized spacial score (nSPS) is 14.9. The van der Waals surface area contributed by atoms with Gasteiger partial charge in [-0.2, -0.15) is 0 Å². The number of hydrogen-bond donors (Lipinski definition) is 1. The highest BCUT2D eigenvalue weighted by molar-refractivity contribution is 6.05. The molecule has 0 radical (unpaired) electrons. The molecule has 1 aromatic carbocycles. The molecule has 5 heteroatoms.